The van der Waals surface area contributed by atoms with Gasteiger partial charge >= 0.3 is 0 Å². The van der Waals surface area contributed by atoms with Gasteiger partial charge in [0.15, 0.2) is 0 Å². The average molecular weight is 390 g/mol. The third-order valence-corrected chi connectivity index (χ3v) is 5.31. The normalized spacial score (nSPS) is 18.8. The summed E-state index contributed by atoms with van der Waals surface area (Å²) in [6, 6.07) is 9.34. The molecule has 8 heteroatoms. The lowest BCUT2D eigenvalue weighted by Crippen LogP contribution is -2.52. The van der Waals surface area contributed by atoms with Crippen molar-refractivity contribution in [2.24, 2.45) is 0 Å². The van der Waals surface area contributed by atoms with E-state index in [0.717, 1.165) is 37.4 Å². The standard InChI is InChI=1S/C19H23N5O2.ClH/c25-17-3-1-13-23(17)16-6-4-15(5-7-16)22-18(26)19(8-11-20-12-9-19)24-14-2-10-21-24;/h2,4-7,10,14,20H,1,3,8-9,11-13H2,(H,22,26);1H. The molecule has 0 atom stereocenters. The highest BCUT2D eigenvalue weighted by molar-refractivity contribution is 5.98. The van der Waals surface area contributed by atoms with Crippen LogP contribution in [-0.2, 0) is 15.1 Å². The fourth-order valence-electron chi connectivity index (χ4n) is 3.82. The minimum atomic E-state index is -0.668. The number of rotatable bonds is 4. The van der Waals surface area contributed by atoms with Crippen molar-refractivity contribution in [1.29, 1.82) is 0 Å². The van der Waals surface area contributed by atoms with Crippen molar-refractivity contribution in [3.05, 3.63) is 42.7 Å². The number of hydrogen-bond donors (Lipinski definition) is 2. The van der Waals surface area contributed by atoms with Gasteiger partial charge in [0.2, 0.25) is 5.91 Å². The Morgan fingerprint density at radius 3 is 2.52 bits per heavy atom. The summed E-state index contributed by atoms with van der Waals surface area (Å²) in [4.78, 5) is 26.8. The van der Waals surface area contributed by atoms with Crippen LogP contribution in [0.3, 0.4) is 0 Å². The SMILES string of the molecule is Cl.O=C1CCCN1c1ccc(NC(=O)C2(n3cccn3)CCNCC2)cc1. The molecule has 2 aliphatic rings. The van der Waals surface area contributed by atoms with Gasteiger partial charge in [0.1, 0.15) is 5.54 Å². The Labute approximate surface area is 164 Å². The van der Waals surface area contributed by atoms with E-state index >= 15 is 0 Å². The van der Waals surface area contributed by atoms with Gasteiger partial charge < -0.3 is 15.5 Å². The first-order chi connectivity index (χ1) is 12.7. The van der Waals surface area contributed by atoms with Crippen LogP contribution in [0.4, 0.5) is 11.4 Å². The maximum absolute atomic E-state index is 13.1. The topological polar surface area (TPSA) is 79.3 Å². The maximum atomic E-state index is 13.1. The number of nitrogens with one attached hydrogen (secondary N) is 2. The molecule has 1 aromatic carbocycles. The van der Waals surface area contributed by atoms with Crippen LogP contribution in [0.5, 0.6) is 0 Å². The minimum Gasteiger partial charge on any atom is -0.324 e. The van der Waals surface area contributed by atoms with Gasteiger partial charge in [-0.1, -0.05) is 0 Å². The van der Waals surface area contributed by atoms with Crippen LogP contribution in [0.15, 0.2) is 42.7 Å². The van der Waals surface area contributed by atoms with Crippen LogP contribution in [-0.4, -0.2) is 41.2 Å². The van der Waals surface area contributed by atoms with Crippen molar-refractivity contribution in [3.63, 3.8) is 0 Å². The fraction of sp³-hybridized carbons (Fsp3) is 0.421. The number of anilines is 2. The minimum absolute atomic E-state index is 0. The molecule has 0 aliphatic carbocycles. The van der Waals surface area contributed by atoms with E-state index in [-0.39, 0.29) is 24.2 Å². The van der Waals surface area contributed by atoms with E-state index in [1.165, 1.54) is 0 Å². The van der Waals surface area contributed by atoms with E-state index in [1.54, 1.807) is 15.8 Å². The molecule has 2 saturated heterocycles. The molecule has 2 amide bonds. The highest BCUT2D eigenvalue weighted by atomic mass is 35.5. The lowest BCUT2D eigenvalue weighted by Gasteiger charge is -2.36. The van der Waals surface area contributed by atoms with Crippen molar-refractivity contribution in [2.45, 2.75) is 31.2 Å². The Kier molecular flexibility index (Phi) is 5.82. The molecule has 4 rings (SSSR count). The number of aromatic nitrogens is 2. The second-order valence-corrected chi connectivity index (χ2v) is 6.88. The summed E-state index contributed by atoms with van der Waals surface area (Å²) in [7, 11) is 0. The third kappa shape index (κ3) is 3.70. The zero-order valence-electron chi connectivity index (χ0n) is 15.1. The van der Waals surface area contributed by atoms with E-state index in [1.807, 2.05) is 36.5 Å². The van der Waals surface area contributed by atoms with Crippen LogP contribution in [0, 0.1) is 0 Å². The van der Waals surface area contributed by atoms with Gasteiger partial charge in [0.05, 0.1) is 0 Å². The third-order valence-electron chi connectivity index (χ3n) is 5.31. The summed E-state index contributed by atoms with van der Waals surface area (Å²) >= 11 is 0. The monoisotopic (exact) mass is 389 g/mol. The molecule has 0 bridgehead atoms. The molecule has 27 heavy (non-hydrogen) atoms. The van der Waals surface area contributed by atoms with Crippen LogP contribution in [0.25, 0.3) is 0 Å². The van der Waals surface area contributed by atoms with E-state index in [4.69, 9.17) is 0 Å². The quantitative estimate of drug-likeness (QED) is 0.839. The smallest absolute Gasteiger partial charge is 0.252 e. The molecule has 2 N–H and O–H groups in total. The summed E-state index contributed by atoms with van der Waals surface area (Å²) in [5.74, 6) is 0.113. The predicted octanol–water partition coefficient (Wildman–Crippen LogP) is 2.15. The first-order valence-corrected chi connectivity index (χ1v) is 9.12. The van der Waals surface area contributed by atoms with Gasteiger partial charge in [-0.15, -0.1) is 12.4 Å². The number of amides is 2. The van der Waals surface area contributed by atoms with Crippen molar-refractivity contribution in [3.8, 4) is 0 Å². The van der Waals surface area contributed by atoms with Gasteiger partial charge in [-0.2, -0.15) is 5.10 Å². The van der Waals surface area contributed by atoms with Gasteiger partial charge in [-0.3, -0.25) is 14.3 Å². The number of benzene rings is 1. The number of nitrogens with zero attached hydrogens (tertiary/aromatic N) is 3. The van der Waals surface area contributed by atoms with E-state index in [9.17, 15) is 9.59 Å². The Balaban J connectivity index is 0.00000210. The first-order valence-electron chi connectivity index (χ1n) is 9.12. The second kappa shape index (κ2) is 8.10. The molecule has 0 spiro atoms. The molecule has 0 unspecified atom stereocenters. The molecule has 0 radical (unpaired) electrons. The van der Waals surface area contributed by atoms with Gasteiger partial charge in [-0.25, -0.2) is 0 Å². The van der Waals surface area contributed by atoms with Crippen molar-refractivity contribution >= 4 is 35.6 Å². The summed E-state index contributed by atoms with van der Waals surface area (Å²) in [5, 5.41) is 10.7. The van der Waals surface area contributed by atoms with Crippen LogP contribution in [0.2, 0.25) is 0 Å². The molecule has 7 nitrogen and oxygen atoms in total. The largest absolute Gasteiger partial charge is 0.324 e. The molecule has 3 heterocycles. The maximum Gasteiger partial charge on any atom is 0.252 e. The van der Waals surface area contributed by atoms with E-state index in [0.29, 0.717) is 19.3 Å². The van der Waals surface area contributed by atoms with Crippen molar-refractivity contribution < 1.29 is 9.59 Å². The lowest BCUT2D eigenvalue weighted by atomic mass is 9.87. The number of halogens is 1. The number of piperidine rings is 1. The summed E-state index contributed by atoms with van der Waals surface area (Å²) in [6.07, 6.45) is 6.46. The van der Waals surface area contributed by atoms with E-state index < -0.39 is 5.54 Å². The lowest BCUT2D eigenvalue weighted by molar-refractivity contribution is -0.126. The molecule has 2 aromatic rings. The molecule has 1 aromatic heterocycles. The summed E-state index contributed by atoms with van der Waals surface area (Å²) in [5.41, 5.74) is 0.947. The van der Waals surface area contributed by atoms with E-state index in [2.05, 4.69) is 15.7 Å². The van der Waals surface area contributed by atoms with Gasteiger partial charge in [0.25, 0.3) is 5.91 Å². The second-order valence-electron chi connectivity index (χ2n) is 6.88. The molecule has 0 saturated carbocycles. The van der Waals surface area contributed by atoms with Crippen LogP contribution in [0.1, 0.15) is 25.7 Å². The zero-order chi connectivity index (χ0) is 18.0. The Morgan fingerprint density at radius 1 is 1.19 bits per heavy atom. The first kappa shape index (κ1) is 19.4. The predicted molar refractivity (Wildman–Crippen MR) is 106 cm³/mol. The number of carbonyl (C=O) groups excluding carboxylic acids is 2. The molecular weight excluding hydrogens is 366 g/mol. The molecule has 2 fully saturated rings. The Bertz CT molecular complexity index is 785. The number of hydrogen-bond acceptors (Lipinski definition) is 4. The fourth-order valence-corrected chi connectivity index (χ4v) is 3.82. The molecule has 144 valence electrons. The Morgan fingerprint density at radius 2 is 1.93 bits per heavy atom. The van der Waals surface area contributed by atoms with Crippen LogP contribution >= 0.6 is 12.4 Å². The van der Waals surface area contributed by atoms with Crippen molar-refractivity contribution in [2.75, 3.05) is 29.9 Å². The van der Waals surface area contributed by atoms with Crippen LogP contribution < -0.4 is 15.5 Å². The Hall–Kier alpha value is -2.38. The highest BCUT2D eigenvalue weighted by Gasteiger charge is 2.42. The average Bonchev–Trinajstić information content (AvgIpc) is 3.35. The van der Waals surface area contributed by atoms with Gasteiger partial charge in [-0.05, 0) is 62.7 Å². The summed E-state index contributed by atoms with van der Waals surface area (Å²) < 4.78 is 1.78. The van der Waals surface area contributed by atoms with Gasteiger partial charge in [0, 0.05) is 36.7 Å². The highest BCUT2D eigenvalue weighted by Crippen LogP contribution is 2.29. The molecular formula is C19H24ClN5O2. The zero-order valence-corrected chi connectivity index (χ0v) is 15.9. The number of carbonyl (C=O) groups is 2. The van der Waals surface area contributed by atoms with Crippen molar-refractivity contribution in [1.82, 2.24) is 15.1 Å². The molecule has 2 aliphatic heterocycles. The summed E-state index contributed by atoms with van der Waals surface area (Å²) in [6.45, 7) is 2.33.